The molecule has 1 aliphatic carbocycles. The van der Waals surface area contributed by atoms with Crippen LogP contribution in [0.25, 0.3) is 0 Å². The molecule has 1 aromatic heterocycles. The van der Waals surface area contributed by atoms with Crippen molar-refractivity contribution in [2.75, 3.05) is 43.5 Å². The maximum absolute atomic E-state index is 12.3. The highest BCUT2D eigenvalue weighted by molar-refractivity contribution is 5.92. The van der Waals surface area contributed by atoms with Gasteiger partial charge in [-0.1, -0.05) is 31.0 Å². The zero-order valence-corrected chi connectivity index (χ0v) is 17.8. The van der Waals surface area contributed by atoms with Crippen LogP contribution in [0.2, 0.25) is 0 Å². The molecule has 1 N–H and O–H groups in total. The maximum atomic E-state index is 12.3. The van der Waals surface area contributed by atoms with Crippen LogP contribution < -0.4 is 15.0 Å². The van der Waals surface area contributed by atoms with Crippen molar-refractivity contribution in [2.24, 2.45) is 5.92 Å². The van der Waals surface area contributed by atoms with E-state index in [2.05, 4.69) is 32.2 Å². The van der Waals surface area contributed by atoms with E-state index in [0.717, 1.165) is 82.1 Å². The van der Waals surface area contributed by atoms with Crippen LogP contribution in [0.1, 0.15) is 37.7 Å². The van der Waals surface area contributed by atoms with Gasteiger partial charge in [-0.3, -0.25) is 9.69 Å². The molecule has 0 unspecified atom stereocenters. The van der Waals surface area contributed by atoms with Crippen molar-refractivity contribution >= 4 is 17.4 Å². The minimum atomic E-state index is 0.142. The maximum Gasteiger partial charge on any atom is 0.227 e. The second kappa shape index (κ2) is 9.94. The van der Waals surface area contributed by atoms with E-state index in [9.17, 15) is 4.79 Å². The standard InChI is InChI=1S/C24H32N4O2/c1-30-22-10-5-4-9-20(22)18-27-13-6-14-28(16-15-27)23-12-11-21(17-25-23)26-24(29)19-7-2-3-8-19/h4-5,9-12,17,19H,2-3,6-8,13-16,18H2,1H3,(H,26,29). The number of ether oxygens (including phenoxy) is 1. The lowest BCUT2D eigenvalue weighted by Gasteiger charge is -2.23. The van der Waals surface area contributed by atoms with Gasteiger partial charge in [0.15, 0.2) is 0 Å². The van der Waals surface area contributed by atoms with Crippen LogP contribution in [0.4, 0.5) is 11.5 Å². The lowest BCUT2D eigenvalue weighted by molar-refractivity contribution is -0.119. The van der Waals surface area contributed by atoms with Crippen LogP contribution in [0.5, 0.6) is 5.75 Å². The molecule has 1 saturated carbocycles. The van der Waals surface area contributed by atoms with E-state index in [-0.39, 0.29) is 11.8 Å². The summed E-state index contributed by atoms with van der Waals surface area (Å²) < 4.78 is 5.50. The number of hydrogen-bond acceptors (Lipinski definition) is 5. The molecule has 1 saturated heterocycles. The number of carbonyl (C=O) groups excluding carboxylic acids is 1. The van der Waals surface area contributed by atoms with Gasteiger partial charge in [0.05, 0.1) is 19.0 Å². The predicted octanol–water partition coefficient (Wildman–Crippen LogP) is 3.93. The predicted molar refractivity (Wildman–Crippen MR) is 120 cm³/mol. The summed E-state index contributed by atoms with van der Waals surface area (Å²) in [4.78, 5) is 21.8. The van der Waals surface area contributed by atoms with Gasteiger partial charge in [-0.05, 0) is 37.5 Å². The summed E-state index contributed by atoms with van der Waals surface area (Å²) in [5.41, 5.74) is 2.03. The van der Waals surface area contributed by atoms with Gasteiger partial charge in [-0.15, -0.1) is 0 Å². The fourth-order valence-electron chi connectivity index (χ4n) is 4.51. The SMILES string of the molecule is COc1ccccc1CN1CCCN(c2ccc(NC(=O)C3CCCC3)cn2)CC1. The number of para-hydroxylation sites is 1. The Kier molecular flexibility index (Phi) is 6.84. The number of rotatable bonds is 6. The number of methoxy groups -OCH3 is 1. The molecule has 30 heavy (non-hydrogen) atoms. The van der Waals surface area contributed by atoms with E-state index >= 15 is 0 Å². The molecule has 6 nitrogen and oxygen atoms in total. The molecule has 4 rings (SSSR count). The number of aromatic nitrogens is 1. The first-order chi connectivity index (χ1) is 14.7. The second-order valence-corrected chi connectivity index (χ2v) is 8.30. The Labute approximate surface area is 179 Å². The first-order valence-electron chi connectivity index (χ1n) is 11.1. The largest absolute Gasteiger partial charge is 0.496 e. The Hall–Kier alpha value is -2.60. The zero-order chi connectivity index (χ0) is 20.8. The highest BCUT2D eigenvalue weighted by Gasteiger charge is 2.23. The number of carbonyl (C=O) groups is 1. The second-order valence-electron chi connectivity index (χ2n) is 8.30. The summed E-state index contributed by atoms with van der Waals surface area (Å²) in [7, 11) is 1.73. The Bertz CT molecular complexity index is 833. The van der Waals surface area contributed by atoms with Crippen LogP contribution in [0.3, 0.4) is 0 Å². The van der Waals surface area contributed by atoms with E-state index < -0.39 is 0 Å². The molecule has 2 aromatic rings. The Morgan fingerprint density at radius 3 is 2.67 bits per heavy atom. The molecule has 0 spiro atoms. The molecule has 6 heteroatoms. The molecule has 0 bridgehead atoms. The van der Waals surface area contributed by atoms with Gasteiger partial charge < -0.3 is 15.0 Å². The first kappa shape index (κ1) is 20.7. The lowest BCUT2D eigenvalue weighted by atomic mass is 10.1. The topological polar surface area (TPSA) is 57.7 Å². The minimum Gasteiger partial charge on any atom is -0.496 e. The quantitative estimate of drug-likeness (QED) is 0.785. The van der Waals surface area contributed by atoms with E-state index in [0.29, 0.717) is 0 Å². The molecule has 160 valence electrons. The molecule has 1 aliphatic heterocycles. The van der Waals surface area contributed by atoms with Gasteiger partial charge in [-0.25, -0.2) is 4.98 Å². The summed E-state index contributed by atoms with van der Waals surface area (Å²) >= 11 is 0. The molecule has 0 atom stereocenters. The van der Waals surface area contributed by atoms with Crippen LogP contribution in [0, 0.1) is 5.92 Å². The third kappa shape index (κ3) is 5.11. The summed E-state index contributed by atoms with van der Waals surface area (Å²) in [5, 5.41) is 3.03. The van der Waals surface area contributed by atoms with E-state index in [1.54, 1.807) is 13.3 Å². The summed E-state index contributed by atoms with van der Waals surface area (Å²) in [6.45, 7) is 4.88. The smallest absolute Gasteiger partial charge is 0.227 e. The molecule has 2 aliphatic rings. The number of anilines is 2. The number of pyridine rings is 1. The van der Waals surface area contributed by atoms with Gasteiger partial charge >= 0.3 is 0 Å². The first-order valence-corrected chi connectivity index (χ1v) is 11.1. The van der Waals surface area contributed by atoms with Crippen molar-refractivity contribution in [1.82, 2.24) is 9.88 Å². The van der Waals surface area contributed by atoms with Crippen LogP contribution in [0.15, 0.2) is 42.6 Å². The number of amides is 1. The van der Waals surface area contributed by atoms with E-state index in [1.165, 1.54) is 5.56 Å². The minimum absolute atomic E-state index is 0.142. The fraction of sp³-hybridized carbons (Fsp3) is 0.500. The number of hydrogen-bond donors (Lipinski definition) is 1. The Balaban J connectivity index is 1.32. The zero-order valence-electron chi connectivity index (χ0n) is 17.8. The number of benzene rings is 1. The molecule has 1 aromatic carbocycles. The van der Waals surface area contributed by atoms with Gasteiger partial charge in [0.25, 0.3) is 0 Å². The average molecular weight is 409 g/mol. The van der Waals surface area contributed by atoms with Crippen molar-refractivity contribution in [2.45, 2.75) is 38.6 Å². The number of nitrogens with one attached hydrogen (secondary N) is 1. The molecular formula is C24H32N4O2. The highest BCUT2D eigenvalue weighted by atomic mass is 16.5. The van der Waals surface area contributed by atoms with Gasteiger partial charge in [0, 0.05) is 44.2 Å². The van der Waals surface area contributed by atoms with Crippen molar-refractivity contribution in [3.05, 3.63) is 48.2 Å². The fourth-order valence-corrected chi connectivity index (χ4v) is 4.51. The van der Waals surface area contributed by atoms with Crippen molar-refractivity contribution in [3.63, 3.8) is 0 Å². The molecule has 2 fully saturated rings. The average Bonchev–Trinajstić information content (AvgIpc) is 3.22. The van der Waals surface area contributed by atoms with Gasteiger partial charge in [0.2, 0.25) is 5.91 Å². The third-order valence-corrected chi connectivity index (χ3v) is 6.24. The summed E-state index contributed by atoms with van der Waals surface area (Å²) in [6, 6.07) is 12.3. The molecule has 0 radical (unpaired) electrons. The lowest BCUT2D eigenvalue weighted by Crippen LogP contribution is -2.31. The van der Waals surface area contributed by atoms with Gasteiger partial charge in [0.1, 0.15) is 11.6 Å². The third-order valence-electron chi connectivity index (χ3n) is 6.24. The molecular weight excluding hydrogens is 376 g/mol. The monoisotopic (exact) mass is 408 g/mol. The van der Waals surface area contributed by atoms with Crippen molar-refractivity contribution in [3.8, 4) is 5.75 Å². The van der Waals surface area contributed by atoms with E-state index in [4.69, 9.17) is 4.74 Å². The van der Waals surface area contributed by atoms with Crippen molar-refractivity contribution < 1.29 is 9.53 Å². The normalized spacial score (nSPS) is 18.2. The number of nitrogens with zero attached hydrogens (tertiary/aromatic N) is 3. The van der Waals surface area contributed by atoms with Crippen molar-refractivity contribution in [1.29, 1.82) is 0 Å². The van der Waals surface area contributed by atoms with E-state index in [1.807, 2.05) is 24.3 Å². The Morgan fingerprint density at radius 1 is 1.07 bits per heavy atom. The highest BCUT2D eigenvalue weighted by Crippen LogP contribution is 2.26. The van der Waals surface area contributed by atoms with Crippen LogP contribution in [-0.2, 0) is 11.3 Å². The summed E-state index contributed by atoms with van der Waals surface area (Å²) in [5.74, 6) is 2.25. The molecule has 1 amide bonds. The van der Waals surface area contributed by atoms with Gasteiger partial charge in [-0.2, -0.15) is 0 Å². The molecule has 2 heterocycles. The summed E-state index contributed by atoms with van der Waals surface area (Å²) in [6.07, 6.45) is 7.24. The van der Waals surface area contributed by atoms with Crippen LogP contribution >= 0.6 is 0 Å². The van der Waals surface area contributed by atoms with Crippen LogP contribution in [-0.4, -0.2) is 49.1 Å². The Morgan fingerprint density at radius 2 is 1.90 bits per heavy atom.